The second kappa shape index (κ2) is 44.7. The number of aliphatic imine (C=N–C) groups is 1. The van der Waals surface area contributed by atoms with Crippen molar-refractivity contribution in [3.05, 3.63) is 36.0 Å². The highest BCUT2D eigenvalue weighted by Crippen LogP contribution is 2.20. The molecule has 47 nitrogen and oxygen atoms in total. The molecule has 0 bridgehead atoms. The van der Waals surface area contributed by atoms with Crippen LogP contribution in [-0.2, 0) is 92.7 Å². The maximum Gasteiger partial charge on any atom is 0.326 e. The molecule has 1 aliphatic rings. The number of aliphatic carboxylic acids is 1. The van der Waals surface area contributed by atoms with E-state index in [0.29, 0.717) is 16.5 Å². The van der Waals surface area contributed by atoms with Crippen LogP contribution < -0.4 is 103 Å². The first-order chi connectivity index (χ1) is 50.1. The standard InChI is InChI=1S/C59H90N22O25/c1-26(87)47(57(104)69-19-43(91)71-32(13-40(61)88)51(98)75-30(58(105)106)8-4-10-65-59(63)64)80-55(102)38(25-86)74-45(93)18-68-56(103)39-9-5-11-81(39)46(94)20-70-49(96)35(22-83)79-54(101)37(24-85)73-44(92)17-67-48(95)34(21-82)78-52(99)33(14-41(62)89)77-50(97)31(76-53(100)36(23-84)72-42(90)15-60)12-27-16-66-29-7-3-2-6-28(27)29/h2-3,6-7,16,26,30-39,47,66,82-87H,4-5,8-15,17-25,60H2,1H3,(H2,61,88)(H2,62,89)(H,67,95)(H,68,103)(H,69,104)(H,70,96)(H,71,91)(H,72,90)(H,73,92)(H,74,93)(H,75,98)(H,76,100)(H,77,97)(H,78,99)(H,79,101)(H,80,102)(H,105,106)(H4,63,64,65)/t26-,30+,31+,32+,33+,34+,35+,36+,37+,38+,39+,47+/m1/s1. The molecule has 2 heterocycles. The number of H-pyrrole nitrogens is 1. The number of nitrogens with one attached hydrogen (secondary N) is 15. The highest BCUT2D eigenvalue weighted by molar-refractivity contribution is 6.01. The number of hydrogen-bond acceptors (Lipinski definition) is 26. The van der Waals surface area contributed by atoms with Crippen LogP contribution in [0, 0.1) is 0 Å². The molecule has 106 heavy (non-hydrogen) atoms. The molecule has 0 spiro atoms. The Morgan fingerprint density at radius 2 is 0.934 bits per heavy atom. The minimum Gasteiger partial charge on any atom is -0.480 e. The summed E-state index contributed by atoms with van der Waals surface area (Å²) >= 11 is 0. The van der Waals surface area contributed by atoms with Crippen LogP contribution in [0.5, 0.6) is 0 Å². The maximum atomic E-state index is 13.9. The van der Waals surface area contributed by atoms with Crippen LogP contribution >= 0.6 is 0 Å². The molecule has 0 saturated carbocycles. The van der Waals surface area contributed by atoms with Gasteiger partial charge in [-0.2, -0.15) is 0 Å². The van der Waals surface area contributed by atoms with Crippen molar-refractivity contribution in [1.82, 2.24) is 84.3 Å². The number of carbonyl (C=O) groups is 18. The average Bonchev–Trinajstić information content (AvgIpc) is 1.66. The second-order valence-corrected chi connectivity index (χ2v) is 23.4. The van der Waals surface area contributed by atoms with Gasteiger partial charge in [0.25, 0.3) is 0 Å². The number of aromatic nitrogens is 1. The number of likely N-dealkylation sites (tertiary alicyclic amines) is 1. The zero-order chi connectivity index (χ0) is 79.5. The number of guanidine groups is 1. The third-order valence-corrected chi connectivity index (χ3v) is 15.3. The number of amides is 17. The molecule has 1 fully saturated rings. The van der Waals surface area contributed by atoms with Gasteiger partial charge in [-0.3, -0.25) is 86.5 Å². The van der Waals surface area contributed by atoms with E-state index in [1.54, 1.807) is 24.3 Å². The quantitative estimate of drug-likeness (QED) is 0.0166. The number of carbonyl (C=O) groups excluding carboxylic acids is 17. The summed E-state index contributed by atoms with van der Waals surface area (Å²) in [4.78, 5) is 240. The second-order valence-electron chi connectivity index (χ2n) is 23.4. The molecule has 17 amide bonds. The predicted octanol–water partition coefficient (Wildman–Crippen LogP) is -16.8. The van der Waals surface area contributed by atoms with E-state index >= 15 is 0 Å². The van der Waals surface area contributed by atoms with E-state index in [0.717, 1.165) is 11.8 Å². The summed E-state index contributed by atoms with van der Waals surface area (Å²) in [6, 6.07) is -12.2. The van der Waals surface area contributed by atoms with Crippen LogP contribution in [0.4, 0.5) is 0 Å². The molecule has 32 N–H and O–H groups in total. The Labute approximate surface area is 600 Å². The fourth-order valence-electron chi connectivity index (χ4n) is 9.87. The number of benzene rings is 1. The Morgan fingerprint density at radius 1 is 0.519 bits per heavy atom. The van der Waals surface area contributed by atoms with Gasteiger partial charge in [0.05, 0.1) is 84.7 Å². The number of hydrogen-bond donors (Lipinski definition) is 27. The van der Waals surface area contributed by atoms with Crippen LogP contribution in [0.1, 0.15) is 51.0 Å². The van der Waals surface area contributed by atoms with Gasteiger partial charge in [0, 0.05) is 36.6 Å². The molecule has 1 saturated heterocycles. The van der Waals surface area contributed by atoms with Crippen molar-refractivity contribution >= 4 is 123 Å². The molecular formula is C59H90N22O25. The summed E-state index contributed by atoms with van der Waals surface area (Å²) in [6.45, 7) is -8.85. The molecule has 47 heteroatoms. The number of para-hydroxylation sites is 1. The van der Waals surface area contributed by atoms with E-state index in [9.17, 15) is 122 Å². The Balaban J connectivity index is 1.53. The van der Waals surface area contributed by atoms with Crippen molar-refractivity contribution in [1.29, 1.82) is 0 Å². The van der Waals surface area contributed by atoms with Gasteiger partial charge < -0.3 is 149 Å². The number of aliphatic hydroxyl groups excluding tert-OH is 6. The number of primary amides is 2. The normalized spacial score (nSPS) is 15.4. The number of aromatic amines is 1. The largest absolute Gasteiger partial charge is 0.480 e. The molecule has 0 aliphatic carbocycles. The van der Waals surface area contributed by atoms with Gasteiger partial charge >= 0.3 is 5.97 Å². The number of carboxylic acid groups (broad SMARTS) is 1. The van der Waals surface area contributed by atoms with Crippen LogP contribution in [-0.4, -0.2) is 309 Å². The SMILES string of the molecule is C[C@@H](O)[C@H](NC(=O)[C@H](CO)NC(=O)CNC(=O)[C@@H]1CCCN1C(=O)CNC(=O)[C@H](CO)NC(=O)[C@H](CO)NC(=O)CNC(=O)[C@H](CO)NC(=O)[C@H](CC(N)=O)NC(=O)[C@H](Cc1c[nH]c2ccccc12)NC(=O)[C@H](CO)NC(=O)CN)C(=O)NCC(=O)N[C@@H](CC(N)=O)C(=O)N[C@@H](CCCN=C(N)N)C(=O)O. The lowest BCUT2D eigenvalue weighted by Crippen LogP contribution is -2.60. The zero-order valence-electron chi connectivity index (χ0n) is 57.0. The number of nitrogens with two attached hydrogens (primary N) is 5. The third-order valence-electron chi connectivity index (χ3n) is 15.3. The monoisotopic (exact) mass is 1510 g/mol. The van der Waals surface area contributed by atoms with Crippen molar-refractivity contribution in [2.24, 2.45) is 33.7 Å². The minimum absolute atomic E-state index is 0.00462. The van der Waals surface area contributed by atoms with Gasteiger partial charge in [-0.15, -0.1) is 0 Å². The van der Waals surface area contributed by atoms with E-state index < -0.39 is 258 Å². The summed E-state index contributed by atoms with van der Waals surface area (Å²) in [5, 5.41) is 100. The van der Waals surface area contributed by atoms with Crippen LogP contribution in [0.2, 0.25) is 0 Å². The van der Waals surface area contributed by atoms with Crippen LogP contribution in [0.25, 0.3) is 10.9 Å². The summed E-state index contributed by atoms with van der Waals surface area (Å²) in [5.74, 6) is -21.0. The highest BCUT2D eigenvalue weighted by Gasteiger charge is 2.38. The predicted molar refractivity (Wildman–Crippen MR) is 359 cm³/mol. The molecule has 3 rings (SSSR count). The first-order valence-corrected chi connectivity index (χ1v) is 32.3. The molecule has 1 aromatic carbocycles. The van der Waals surface area contributed by atoms with E-state index in [-0.39, 0.29) is 51.2 Å². The van der Waals surface area contributed by atoms with E-state index in [1.807, 2.05) is 16.0 Å². The zero-order valence-corrected chi connectivity index (χ0v) is 57.0. The number of aliphatic hydroxyl groups is 6. The number of fused-ring (bicyclic) bond motifs is 1. The molecule has 1 aromatic heterocycles. The lowest BCUT2D eigenvalue weighted by molar-refractivity contribution is -0.142. The summed E-state index contributed by atoms with van der Waals surface area (Å²) in [7, 11) is 0. The smallest absolute Gasteiger partial charge is 0.326 e. The summed E-state index contributed by atoms with van der Waals surface area (Å²) in [5.41, 5.74) is 27.5. The van der Waals surface area contributed by atoms with Gasteiger partial charge in [0.1, 0.15) is 66.5 Å². The Bertz CT molecular complexity index is 3530. The van der Waals surface area contributed by atoms with Gasteiger partial charge in [0.15, 0.2) is 5.96 Å². The highest BCUT2D eigenvalue weighted by atomic mass is 16.4. The fourth-order valence-corrected chi connectivity index (χ4v) is 9.87. The van der Waals surface area contributed by atoms with Crippen molar-refractivity contribution in [3.8, 4) is 0 Å². The van der Waals surface area contributed by atoms with E-state index in [1.165, 1.54) is 6.20 Å². The maximum absolute atomic E-state index is 13.9. The topological polar surface area (TPSA) is 779 Å². The summed E-state index contributed by atoms with van der Waals surface area (Å²) in [6.07, 6.45) is -2.07. The van der Waals surface area contributed by atoms with E-state index in [2.05, 4.69) is 68.5 Å². The van der Waals surface area contributed by atoms with Crippen molar-refractivity contribution in [3.63, 3.8) is 0 Å². The van der Waals surface area contributed by atoms with Gasteiger partial charge in [-0.1, -0.05) is 18.2 Å². The average molecular weight is 1510 g/mol. The van der Waals surface area contributed by atoms with Crippen LogP contribution in [0.15, 0.2) is 35.5 Å². The van der Waals surface area contributed by atoms with Crippen molar-refractivity contribution in [2.45, 2.75) is 124 Å². The Kier molecular flexibility index (Phi) is 37.3. The molecule has 0 radical (unpaired) electrons. The van der Waals surface area contributed by atoms with Crippen LogP contribution in [0.3, 0.4) is 0 Å². The van der Waals surface area contributed by atoms with E-state index in [4.69, 9.17) is 28.7 Å². The summed E-state index contributed by atoms with van der Waals surface area (Å²) < 4.78 is 0. The lowest BCUT2D eigenvalue weighted by Gasteiger charge is -2.25. The minimum atomic E-state index is -1.92. The molecule has 0 unspecified atom stereocenters. The van der Waals surface area contributed by atoms with Gasteiger partial charge in [0.2, 0.25) is 100 Å². The Hall–Kier alpha value is -11.8. The molecule has 12 atom stereocenters. The number of carboxylic acids is 1. The Morgan fingerprint density at radius 3 is 1.42 bits per heavy atom. The van der Waals surface area contributed by atoms with Gasteiger partial charge in [-0.25, -0.2) is 4.79 Å². The number of nitrogens with zero attached hydrogens (tertiary/aromatic N) is 2. The molecule has 2 aromatic rings. The first-order valence-electron chi connectivity index (χ1n) is 32.3. The third kappa shape index (κ3) is 29.5. The molecular weight excluding hydrogens is 1420 g/mol. The van der Waals surface area contributed by atoms with Crippen molar-refractivity contribution in [2.75, 3.05) is 78.8 Å². The molecule has 586 valence electrons. The lowest BCUT2D eigenvalue weighted by atomic mass is 10.0. The molecule has 1 aliphatic heterocycles. The first kappa shape index (κ1) is 88.4. The number of rotatable bonds is 46. The van der Waals surface area contributed by atoms with Crippen molar-refractivity contribution < 1.29 is 122 Å². The fraction of sp³-hybridized carbons (Fsp3) is 0.542. The van der Waals surface area contributed by atoms with Gasteiger partial charge in [-0.05, 0) is 44.2 Å².